The first-order chi connectivity index (χ1) is 27.7. The lowest BCUT2D eigenvalue weighted by Gasteiger charge is -2.15. The van der Waals surface area contributed by atoms with E-state index < -0.39 is 0 Å². The summed E-state index contributed by atoms with van der Waals surface area (Å²) in [7, 11) is 0. The van der Waals surface area contributed by atoms with Gasteiger partial charge in [-0.25, -0.2) is 15.0 Å². The number of fused-ring (bicyclic) bond motifs is 6. The molecule has 10 aromatic rings. The van der Waals surface area contributed by atoms with Crippen molar-refractivity contribution in [2.75, 3.05) is 0 Å². The van der Waals surface area contributed by atoms with E-state index in [0.717, 1.165) is 96.0 Å². The average molecular weight is 720 g/mol. The van der Waals surface area contributed by atoms with Crippen LogP contribution >= 0.6 is 0 Å². The molecule has 5 heteroatoms. The van der Waals surface area contributed by atoms with Crippen molar-refractivity contribution in [2.24, 2.45) is 0 Å². The summed E-state index contributed by atoms with van der Waals surface area (Å²) in [6, 6.07) is 58.8. The van der Waals surface area contributed by atoms with Gasteiger partial charge in [0, 0.05) is 44.8 Å². The molecule has 264 valence electrons. The normalized spacial score (nSPS) is 12.6. The van der Waals surface area contributed by atoms with Crippen molar-refractivity contribution in [3.05, 3.63) is 193 Å². The van der Waals surface area contributed by atoms with Gasteiger partial charge in [0.15, 0.2) is 17.5 Å². The molecule has 0 saturated carbocycles. The molecule has 3 aromatic heterocycles. The number of nitrogens with zero attached hydrogens (tertiary/aromatic N) is 3. The molecule has 0 N–H and O–H groups in total. The Balaban J connectivity index is 1.09. The zero-order chi connectivity index (χ0) is 37.0. The van der Waals surface area contributed by atoms with Gasteiger partial charge >= 0.3 is 0 Å². The van der Waals surface area contributed by atoms with Crippen LogP contribution in [-0.2, 0) is 6.42 Å². The van der Waals surface area contributed by atoms with E-state index in [2.05, 4.69) is 140 Å². The molecular weight excluding hydrogens is 687 g/mol. The van der Waals surface area contributed by atoms with Crippen LogP contribution in [0.5, 0.6) is 0 Å². The Morgan fingerprint density at radius 3 is 1.79 bits per heavy atom. The molecule has 0 atom stereocenters. The van der Waals surface area contributed by atoms with Crippen LogP contribution in [0.4, 0.5) is 0 Å². The Labute approximate surface area is 323 Å². The first-order valence-electron chi connectivity index (χ1n) is 19.0. The molecular formula is C51H33N3O2. The third-order valence-electron chi connectivity index (χ3n) is 10.8. The number of hydrogen-bond acceptors (Lipinski definition) is 5. The van der Waals surface area contributed by atoms with Crippen LogP contribution in [-0.4, -0.2) is 15.0 Å². The Morgan fingerprint density at radius 1 is 0.393 bits per heavy atom. The summed E-state index contributed by atoms with van der Waals surface area (Å²) in [5.74, 6) is 2.77. The highest BCUT2D eigenvalue weighted by Gasteiger charge is 2.26. The molecule has 0 radical (unpaired) electrons. The summed E-state index contributed by atoms with van der Waals surface area (Å²) in [6.45, 7) is 0. The fourth-order valence-electron chi connectivity index (χ4n) is 8.11. The molecule has 1 aliphatic carbocycles. The van der Waals surface area contributed by atoms with Crippen molar-refractivity contribution in [3.63, 3.8) is 0 Å². The lowest BCUT2D eigenvalue weighted by atomic mass is 9.93. The summed E-state index contributed by atoms with van der Waals surface area (Å²) >= 11 is 0. The van der Waals surface area contributed by atoms with Gasteiger partial charge in [-0.2, -0.15) is 0 Å². The maximum Gasteiger partial charge on any atom is 0.164 e. The van der Waals surface area contributed by atoms with E-state index in [0.29, 0.717) is 17.5 Å². The highest BCUT2D eigenvalue weighted by Crippen LogP contribution is 2.41. The van der Waals surface area contributed by atoms with Gasteiger partial charge in [0.2, 0.25) is 0 Å². The molecule has 0 aliphatic heterocycles. The van der Waals surface area contributed by atoms with E-state index in [9.17, 15) is 0 Å². The predicted octanol–water partition coefficient (Wildman–Crippen LogP) is 13.2. The second kappa shape index (κ2) is 13.2. The topological polar surface area (TPSA) is 65.0 Å². The molecule has 0 saturated heterocycles. The van der Waals surface area contributed by atoms with Gasteiger partial charge in [-0.05, 0) is 70.1 Å². The van der Waals surface area contributed by atoms with E-state index in [4.69, 9.17) is 23.8 Å². The molecule has 3 heterocycles. The molecule has 0 fully saturated rings. The number of furan rings is 2. The molecule has 0 amide bonds. The number of benzene rings is 7. The van der Waals surface area contributed by atoms with Crippen LogP contribution in [0, 0.1) is 0 Å². The van der Waals surface area contributed by atoms with Gasteiger partial charge in [-0.15, -0.1) is 0 Å². The Kier molecular flexibility index (Phi) is 7.56. The molecule has 1 aliphatic rings. The number of para-hydroxylation sites is 1. The quantitative estimate of drug-likeness (QED) is 0.171. The maximum atomic E-state index is 6.50. The SMILES string of the molecule is C1=C(c2nc(-c3ccc(-c4ccccc4)cc3)nc(-c3cccc4oc5ccc(-c6cccc(-c7ccccc7)c6)cc5c34)n2)c2c(oc3ccccc23)CC1. The standard InChI is InChI=1S/C51H33N3O2/c1-3-12-32(13-4-1)34-24-26-35(27-25-34)49-52-50(40-19-10-22-45-47(40)39-18-7-8-21-43(39)55-45)54-51(53-49)41-20-11-23-46-48(41)42-31-38(28-29-44(42)56-46)37-17-9-16-36(30-37)33-14-5-2-6-15-33/h1-9,11-21,23-31H,10,22H2. The van der Waals surface area contributed by atoms with Crippen molar-refractivity contribution in [3.8, 4) is 56.2 Å². The lowest BCUT2D eigenvalue weighted by Crippen LogP contribution is -2.06. The molecule has 0 unspecified atom stereocenters. The van der Waals surface area contributed by atoms with Gasteiger partial charge < -0.3 is 8.83 Å². The summed E-state index contributed by atoms with van der Waals surface area (Å²) < 4.78 is 12.9. The van der Waals surface area contributed by atoms with Crippen molar-refractivity contribution >= 4 is 38.5 Å². The molecule has 0 spiro atoms. The Bertz CT molecular complexity index is 3120. The third kappa shape index (κ3) is 5.52. The first kappa shape index (κ1) is 32.1. The van der Waals surface area contributed by atoms with Gasteiger partial charge in [-0.1, -0.05) is 146 Å². The largest absolute Gasteiger partial charge is 0.460 e. The third-order valence-corrected chi connectivity index (χ3v) is 10.8. The highest BCUT2D eigenvalue weighted by atomic mass is 16.3. The Morgan fingerprint density at radius 2 is 0.964 bits per heavy atom. The minimum absolute atomic E-state index is 0.586. The number of allylic oxidation sites excluding steroid dienone is 1. The zero-order valence-corrected chi connectivity index (χ0v) is 30.3. The summed E-state index contributed by atoms with van der Waals surface area (Å²) in [5.41, 5.74) is 13.2. The fourth-order valence-corrected chi connectivity index (χ4v) is 8.11. The van der Waals surface area contributed by atoms with Crippen molar-refractivity contribution in [1.29, 1.82) is 0 Å². The zero-order valence-electron chi connectivity index (χ0n) is 30.3. The number of aryl methyl sites for hydroxylation is 1. The van der Waals surface area contributed by atoms with Crippen LogP contribution in [0.2, 0.25) is 0 Å². The number of aromatic nitrogens is 3. The van der Waals surface area contributed by atoms with E-state index >= 15 is 0 Å². The van der Waals surface area contributed by atoms with E-state index in [-0.39, 0.29) is 0 Å². The second-order valence-electron chi connectivity index (χ2n) is 14.2. The highest BCUT2D eigenvalue weighted by molar-refractivity contribution is 6.13. The van der Waals surface area contributed by atoms with E-state index in [1.54, 1.807) is 0 Å². The first-order valence-corrected chi connectivity index (χ1v) is 19.0. The van der Waals surface area contributed by atoms with Crippen molar-refractivity contribution in [1.82, 2.24) is 15.0 Å². The lowest BCUT2D eigenvalue weighted by molar-refractivity contribution is 0.545. The van der Waals surface area contributed by atoms with Crippen LogP contribution in [0.3, 0.4) is 0 Å². The molecule has 7 aromatic carbocycles. The average Bonchev–Trinajstić information content (AvgIpc) is 3.85. The summed E-state index contributed by atoms with van der Waals surface area (Å²) in [6.07, 6.45) is 3.91. The van der Waals surface area contributed by atoms with Crippen LogP contribution in [0.25, 0.3) is 94.6 Å². The van der Waals surface area contributed by atoms with E-state index in [1.165, 1.54) is 11.1 Å². The maximum absolute atomic E-state index is 6.50. The van der Waals surface area contributed by atoms with Gasteiger partial charge in [0.25, 0.3) is 0 Å². The monoisotopic (exact) mass is 719 g/mol. The molecule has 5 nitrogen and oxygen atoms in total. The Hall–Kier alpha value is -7.37. The van der Waals surface area contributed by atoms with Crippen molar-refractivity contribution < 1.29 is 8.83 Å². The summed E-state index contributed by atoms with van der Waals surface area (Å²) in [5, 5.41) is 3.04. The van der Waals surface area contributed by atoms with Crippen LogP contribution < -0.4 is 0 Å². The summed E-state index contributed by atoms with van der Waals surface area (Å²) in [4.78, 5) is 15.7. The van der Waals surface area contributed by atoms with Gasteiger partial charge in [0.05, 0.1) is 0 Å². The predicted molar refractivity (Wildman–Crippen MR) is 226 cm³/mol. The van der Waals surface area contributed by atoms with Crippen molar-refractivity contribution in [2.45, 2.75) is 12.8 Å². The number of rotatable bonds is 6. The van der Waals surface area contributed by atoms with E-state index in [1.807, 2.05) is 36.4 Å². The molecule has 11 rings (SSSR count). The fraction of sp³-hybridized carbons (Fsp3) is 0.0392. The van der Waals surface area contributed by atoms with Gasteiger partial charge in [0.1, 0.15) is 22.5 Å². The second-order valence-corrected chi connectivity index (χ2v) is 14.2. The van der Waals surface area contributed by atoms with Crippen LogP contribution in [0.1, 0.15) is 23.6 Å². The van der Waals surface area contributed by atoms with Crippen LogP contribution in [0.15, 0.2) is 185 Å². The smallest absolute Gasteiger partial charge is 0.164 e. The molecule has 0 bridgehead atoms. The molecule has 56 heavy (non-hydrogen) atoms. The minimum Gasteiger partial charge on any atom is -0.460 e. The number of hydrogen-bond donors (Lipinski definition) is 0. The minimum atomic E-state index is 0.586. The van der Waals surface area contributed by atoms with Gasteiger partial charge in [-0.3, -0.25) is 0 Å².